The number of carbonyl (C=O) groups excluding carboxylic acids is 1. The minimum absolute atomic E-state index is 0.00567. The van der Waals surface area contributed by atoms with Crippen molar-refractivity contribution in [1.82, 2.24) is 15.5 Å². The van der Waals surface area contributed by atoms with Crippen LogP contribution >= 0.6 is 0 Å². The van der Waals surface area contributed by atoms with E-state index in [2.05, 4.69) is 29.5 Å². The van der Waals surface area contributed by atoms with Gasteiger partial charge in [-0.3, -0.25) is 0 Å². The molecule has 0 bridgehead atoms. The maximum atomic E-state index is 11.6. The van der Waals surface area contributed by atoms with Crippen LogP contribution in [0.5, 0.6) is 0 Å². The van der Waals surface area contributed by atoms with Gasteiger partial charge in [0.2, 0.25) is 0 Å². The van der Waals surface area contributed by atoms with Crippen molar-refractivity contribution in [2.24, 2.45) is 5.92 Å². The van der Waals surface area contributed by atoms with Crippen LogP contribution in [0, 0.1) is 5.92 Å². The van der Waals surface area contributed by atoms with Gasteiger partial charge in [0.15, 0.2) is 6.10 Å². The predicted octanol–water partition coefficient (Wildman–Crippen LogP) is -0.539. The molecule has 7 heteroatoms. The maximum absolute atomic E-state index is 11.6. The standard InChI is InChI=1S/C12H23N3O4/c1-8-7-15(2)6-4-9(8)14-12(19)13-5-3-10(16)11(17)18/h8-10,16H,3-7H2,1-2H3,(H,17,18)(H2,13,14,19)/t8?,9?,10-/m0/s1. The summed E-state index contributed by atoms with van der Waals surface area (Å²) in [6.07, 6.45) is -0.517. The zero-order chi connectivity index (χ0) is 14.4. The highest BCUT2D eigenvalue weighted by Gasteiger charge is 2.25. The number of aliphatic hydroxyl groups is 1. The maximum Gasteiger partial charge on any atom is 0.332 e. The second-order valence-electron chi connectivity index (χ2n) is 5.18. The molecule has 2 unspecified atom stereocenters. The Kier molecular flexibility index (Phi) is 6.04. The molecule has 0 spiro atoms. The van der Waals surface area contributed by atoms with E-state index in [0.717, 1.165) is 19.5 Å². The predicted molar refractivity (Wildman–Crippen MR) is 69.9 cm³/mol. The second kappa shape index (κ2) is 7.30. The lowest BCUT2D eigenvalue weighted by atomic mass is 9.94. The molecule has 0 aromatic carbocycles. The average molecular weight is 273 g/mol. The van der Waals surface area contributed by atoms with Crippen LogP contribution in [0.1, 0.15) is 19.8 Å². The first-order valence-corrected chi connectivity index (χ1v) is 6.54. The number of piperidine rings is 1. The molecule has 1 aliphatic rings. The fourth-order valence-electron chi connectivity index (χ4n) is 2.23. The normalized spacial score (nSPS) is 25.6. The first-order valence-electron chi connectivity index (χ1n) is 6.54. The number of carboxylic acid groups (broad SMARTS) is 1. The summed E-state index contributed by atoms with van der Waals surface area (Å²) in [6, 6.07) is -0.167. The number of carboxylic acids is 1. The number of rotatable bonds is 5. The van der Waals surface area contributed by atoms with Crippen molar-refractivity contribution in [3.05, 3.63) is 0 Å². The molecule has 1 heterocycles. The number of aliphatic hydroxyl groups excluding tert-OH is 1. The number of nitrogens with one attached hydrogen (secondary N) is 2. The fraction of sp³-hybridized carbons (Fsp3) is 0.833. The third-order valence-corrected chi connectivity index (χ3v) is 3.41. The number of hydrogen-bond donors (Lipinski definition) is 4. The number of nitrogens with zero attached hydrogens (tertiary/aromatic N) is 1. The van der Waals surface area contributed by atoms with E-state index in [1.807, 2.05) is 0 Å². The highest BCUT2D eigenvalue weighted by Crippen LogP contribution is 2.14. The van der Waals surface area contributed by atoms with Crippen LogP contribution in [0.25, 0.3) is 0 Å². The van der Waals surface area contributed by atoms with Crippen molar-refractivity contribution in [3.63, 3.8) is 0 Å². The topological polar surface area (TPSA) is 102 Å². The van der Waals surface area contributed by atoms with Crippen molar-refractivity contribution >= 4 is 12.0 Å². The van der Waals surface area contributed by atoms with E-state index in [0.29, 0.717) is 5.92 Å². The van der Waals surface area contributed by atoms with Gasteiger partial charge in [0.25, 0.3) is 0 Å². The molecular weight excluding hydrogens is 250 g/mol. The van der Waals surface area contributed by atoms with Gasteiger partial charge in [-0.2, -0.15) is 0 Å². The van der Waals surface area contributed by atoms with Crippen molar-refractivity contribution < 1.29 is 19.8 Å². The molecule has 0 aliphatic carbocycles. The van der Waals surface area contributed by atoms with Gasteiger partial charge in [-0.1, -0.05) is 6.92 Å². The number of hydrogen-bond acceptors (Lipinski definition) is 4. The van der Waals surface area contributed by atoms with Crippen LogP contribution in [0.2, 0.25) is 0 Å². The summed E-state index contributed by atoms with van der Waals surface area (Å²) >= 11 is 0. The number of carbonyl (C=O) groups is 2. The molecule has 110 valence electrons. The van der Waals surface area contributed by atoms with Gasteiger partial charge in [0.1, 0.15) is 0 Å². The summed E-state index contributed by atoms with van der Waals surface area (Å²) in [7, 11) is 2.06. The van der Waals surface area contributed by atoms with Gasteiger partial charge in [-0.05, 0) is 25.9 Å². The zero-order valence-corrected chi connectivity index (χ0v) is 11.4. The molecule has 4 N–H and O–H groups in total. The van der Waals surface area contributed by atoms with Crippen LogP contribution in [-0.4, -0.2) is 65.9 Å². The summed E-state index contributed by atoms with van der Waals surface area (Å²) in [5, 5.41) is 23.0. The zero-order valence-electron chi connectivity index (χ0n) is 11.4. The van der Waals surface area contributed by atoms with E-state index in [-0.39, 0.29) is 25.0 Å². The van der Waals surface area contributed by atoms with Crippen molar-refractivity contribution in [2.75, 3.05) is 26.7 Å². The van der Waals surface area contributed by atoms with Gasteiger partial charge in [-0.25, -0.2) is 9.59 Å². The molecule has 2 amide bonds. The Morgan fingerprint density at radius 1 is 1.47 bits per heavy atom. The Morgan fingerprint density at radius 2 is 2.16 bits per heavy atom. The molecule has 0 radical (unpaired) electrons. The summed E-state index contributed by atoms with van der Waals surface area (Å²) in [5.41, 5.74) is 0. The van der Waals surface area contributed by atoms with Gasteiger partial charge in [0.05, 0.1) is 0 Å². The first-order chi connectivity index (χ1) is 8.90. The molecule has 1 fully saturated rings. The SMILES string of the molecule is CC1CN(C)CCC1NC(=O)NCC[C@H](O)C(=O)O. The van der Waals surface area contributed by atoms with Crippen molar-refractivity contribution in [2.45, 2.75) is 31.9 Å². The van der Waals surface area contributed by atoms with E-state index in [1.54, 1.807) is 0 Å². The van der Waals surface area contributed by atoms with Gasteiger partial charge >= 0.3 is 12.0 Å². The largest absolute Gasteiger partial charge is 0.479 e. The molecular formula is C12H23N3O4. The summed E-state index contributed by atoms with van der Waals surface area (Å²) in [4.78, 5) is 24.2. The molecule has 1 saturated heterocycles. The third kappa shape index (κ3) is 5.44. The molecule has 1 rings (SSSR count). The van der Waals surface area contributed by atoms with E-state index in [4.69, 9.17) is 10.2 Å². The summed E-state index contributed by atoms with van der Waals surface area (Å²) in [6.45, 7) is 4.13. The quantitative estimate of drug-likeness (QED) is 0.539. The minimum atomic E-state index is -1.43. The van der Waals surface area contributed by atoms with E-state index in [1.165, 1.54) is 0 Å². The monoisotopic (exact) mass is 273 g/mol. The van der Waals surface area contributed by atoms with Gasteiger partial charge in [-0.15, -0.1) is 0 Å². The Labute approximate surface area is 113 Å². The molecule has 3 atom stereocenters. The van der Waals surface area contributed by atoms with E-state index < -0.39 is 12.1 Å². The molecule has 7 nitrogen and oxygen atoms in total. The minimum Gasteiger partial charge on any atom is -0.479 e. The summed E-state index contributed by atoms with van der Waals surface area (Å²) < 4.78 is 0. The van der Waals surface area contributed by atoms with Gasteiger partial charge < -0.3 is 25.7 Å². The molecule has 0 aromatic rings. The molecule has 1 aliphatic heterocycles. The Hall–Kier alpha value is -1.34. The Balaban J connectivity index is 2.22. The van der Waals surface area contributed by atoms with Crippen LogP contribution in [0.4, 0.5) is 4.79 Å². The van der Waals surface area contributed by atoms with Crippen molar-refractivity contribution in [3.8, 4) is 0 Å². The summed E-state index contributed by atoms with van der Waals surface area (Å²) in [5.74, 6) is -0.889. The van der Waals surface area contributed by atoms with Crippen LogP contribution in [0.3, 0.4) is 0 Å². The number of likely N-dealkylation sites (tertiary alicyclic amines) is 1. The second-order valence-corrected chi connectivity index (χ2v) is 5.18. The van der Waals surface area contributed by atoms with Crippen LogP contribution < -0.4 is 10.6 Å². The van der Waals surface area contributed by atoms with E-state index in [9.17, 15) is 9.59 Å². The fourth-order valence-corrected chi connectivity index (χ4v) is 2.23. The number of aliphatic carboxylic acids is 1. The first kappa shape index (κ1) is 15.7. The number of urea groups is 1. The van der Waals surface area contributed by atoms with Crippen LogP contribution in [-0.2, 0) is 4.79 Å². The molecule has 0 aromatic heterocycles. The van der Waals surface area contributed by atoms with Crippen LogP contribution in [0.15, 0.2) is 0 Å². The van der Waals surface area contributed by atoms with E-state index >= 15 is 0 Å². The lowest BCUT2D eigenvalue weighted by Gasteiger charge is -2.35. The highest BCUT2D eigenvalue weighted by atomic mass is 16.4. The Morgan fingerprint density at radius 3 is 2.74 bits per heavy atom. The lowest BCUT2D eigenvalue weighted by Crippen LogP contribution is -2.51. The number of amides is 2. The third-order valence-electron chi connectivity index (χ3n) is 3.41. The lowest BCUT2D eigenvalue weighted by molar-refractivity contribution is -0.146. The highest BCUT2D eigenvalue weighted by molar-refractivity contribution is 5.74. The smallest absolute Gasteiger partial charge is 0.332 e. The Bertz CT molecular complexity index is 324. The van der Waals surface area contributed by atoms with Gasteiger partial charge in [0, 0.05) is 25.6 Å². The molecule has 0 saturated carbocycles. The average Bonchev–Trinajstić information content (AvgIpc) is 2.32. The molecule has 19 heavy (non-hydrogen) atoms. The van der Waals surface area contributed by atoms with Crippen molar-refractivity contribution in [1.29, 1.82) is 0 Å².